The number of nitrogens with zero attached hydrogens (tertiary/aromatic N) is 1. The van der Waals surface area contributed by atoms with Gasteiger partial charge in [-0.05, 0) is 12.6 Å². The van der Waals surface area contributed by atoms with Crippen LogP contribution >= 0.6 is 0 Å². The van der Waals surface area contributed by atoms with E-state index in [1.807, 2.05) is 0 Å². The fourth-order valence-electron chi connectivity index (χ4n) is 2.45. The fourth-order valence-corrected chi connectivity index (χ4v) is 2.45. The van der Waals surface area contributed by atoms with Crippen LogP contribution in [0.2, 0.25) is 0 Å². The molecular weight excluding hydrogens is 278 g/mol. The predicted octanol–water partition coefficient (Wildman–Crippen LogP) is 1.31. The normalized spacial score (nSPS) is 21.4. The molecule has 0 spiro atoms. The summed E-state index contributed by atoms with van der Waals surface area (Å²) in [5, 5.41) is 13.0. The van der Waals surface area contributed by atoms with Crippen LogP contribution in [0.1, 0.15) is 18.6 Å². The van der Waals surface area contributed by atoms with E-state index in [1.165, 1.54) is 6.07 Å². The first-order valence-electron chi connectivity index (χ1n) is 7.27. The first-order chi connectivity index (χ1) is 10.1. The monoisotopic (exact) mass is 300 g/mol. The summed E-state index contributed by atoms with van der Waals surface area (Å²) in [6.07, 6.45) is -0.930. The molecule has 0 radical (unpaired) electrons. The lowest BCUT2D eigenvalue weighted by molar-refractivity contribution is -0.0262. The Labute approximate surface area is 123 Å². The van der Waals surface area contributed by atoms with E-state index in [1.54, 1.807) is 0 Å². The van der Waals surface area contributed by atoms with Crippen molar-refractivity contribution in [2.45, 2.75) is 19.1 Å². The van der Waals surface area contributed by atoms with Gasteiger partial charge in [-0.2, -0.15) is 0 Å². The van der Waals surface area contributed by atoms with Gasteiger partial charge in [-0.3, -0.25) is 4.90 Å². The first kappa shape index (κ1) is 16.3. The Balaban J connectivity index is 1.77. The Morgan fingerprint density at radius 2 is 2.29 bits per heavy atom. The van der Waals surface area contributed by atoms with Crippen LogP contribution in [0.4, 0.5) is 8.78 Å². The third-order valence-electron chi connectivity index (χ3n) is 3.70. The number of benzene rings is 1. The maximum Gasteiger partial charge on any atom is 0.131 e. The Bertz CT molecular complexity index is 459. The van der Waals surface area contributed by atoms with Crippen LogP contribution in [0, 0.1) is 11.6 Å². The molecule has 0 bridgehead atoms. The van der Waals surface area contributed by atoms with Gasteiger partial charge in [0.05, 0.1) is 18.8 Å². The largest absolute Gasteiger partial charge is 0.387 e. The molecule has 1 heterocycles. The van der Waals surface area contributed by atoms with Crippen molar-refractivity contribution < 1.29 is 18.6 Å². The number of likely N-dealkylation sites (N-methyl/N-ethyl adjacent to an activating group) is 1. The van der Waals surface area contributed by atoms with Crippen molar-refractivity contribution in [2.24, 2.45) is 0 Å². The number of aliphatic hydroxyl groups is 1. The zero-order valence-electron chi connectivity index (χ0n) is 12.2. The van der Waals surface area contributed by atoms with Crippen LogP contribution in [-0.4, -0.2) is 55.4 Å². The summed E-state index contributed by atoms with van der Waals surface area (Å²) in [4.78, 5) is 2.30. The van der Waals surface area contributed by atoms with Crippen molar-refractivity contribution in [1.29, 1.82) is 0 Å². The number of aliphatic hydroxyl groups excluding tert-OH is 1. The zero-order chi connectivity index (χ0) is 15.2. The lowest BCUT2D eigenvalue weighted by atomic mass is 10.1. The van der Waals surface area contributed by atoms with E-state index in [9.17, 15) is 13.9 Å². The summed E-state index contributed by atoms with van der Waals surface area (Å²) in [5.41, 5.74) is 0.101. The van der Waals surface area contributed by atoms with E-state index in [-0.39, 0.29) is 18.2 Å². The number of morpholine rings is 1. The van der Waals surface area contributed by atoms with E-state index < -0.39 is 17.7 Å². The molecule has 0 amide bonds. The van der Waals surface area contributed by atoms with Gasteiger partial charge in [0, 0.05) is 37.8 Å². The molecule has 1 aromatic carbocycles. The van der Waals surface area contributed by atoms with Gasteiger partial charge in [0.25, 0.3) is 0 Å². The van der Waals surface area contributed by atoms with Gasteiger partial charge in [-0.25, -0.2) is 8.78 Å². The van der Waals surface area contributed by atoms with E-state index in [2.05, 4.69) is 17.1 Å². The number of hydrogen-bond acceptors (Lipinski definition) is 4. The molecule has 4 nitrogen and oxygen atoms in total. The number of hydrogen-bond donors (Lipinski definition) is 2. The van der Waals surface area contributed by atoms with Crippen molar-refractivity contribution in [1.82, 2.24) is 10.2 Å². The van der Waals surface area contributed by atoms with Gasteiger partial charge in [0.2, 0.25) is 0 Å². The molecule has 2 rings (SSSR count). The number of halogens is 2. The van der Waals surface area contributed by atoms with Crippen molar-refractivity contribution in [2.75, 3.05) is 39.3 Å². The zero-order valence-corrected chi connectivity index (χ0v) is 12.2. The molecular formula is C15H22F2N2O2. The van der Waals surface area contributed by atoms with Gasteiger partial charge < -0.3 is 15.2 Å². The van der Waals surface area contributed by atoms with Gasteiger partial charge in [-0.1, -0.05) is 13.0 Å². The summed E-state index contributed by atoms with van der Waals surface area (Å²) >= 11 is 0. The van der Waals surface area contributed by atoms with Crippen LogP contribution < -0.4 is 5.32 Å². The predicted molar refractivity (Wildman–Crippen MR) is 76.0 cm³/mol. The van der Waals surface area contributed by atoms with Crippen molar-refractivity contribution in [3.8, 4) is 0 Å². The van der Waals surface area contributed by atoms with E-state index in [0.717, 1.165) is 31.8 Å². The smallest absolute Gasteiger partial charge is 0.131 e. The van der Waals surface area contributed by atoms with Gasteiger partial charge in [-0.15, -0.1) is 0 Å². The van der Waals surface area contributed by atoms with Crippen LogP contribution in [-0.2, 0) is 4.74 Å². The minimum atomic E-state index is -1.00. The quantitative estimate of drug-likeness (QED) is 0.831. The third kappa shape index (κ3) is 4.71. The second kappa shape index (κ2) is 7.79. The van der Waals surface area contributed by atoms with Gasteiger partial charge in [0.15, 0.2) is 0 Å². The van der Waals surface area contributed by atoms with Crippen molar-refractivity contribution in [3.63, 3.8) is 0 Å². The van der Waals surface area contributed by atoms with E-state index in [4.69, 9.17) is 4.74 Å². The minimum absolute atomic E-state index is 0.0731. The van der Waals surface area contributed by atoms with Crippen LogP contribution in [0.5, 0.6) is 0 Å². The highest BCUT2D eigenvalue weighted by atomic mass is 19.1. The molecule has 1 aromatic rings. The molecule has 1 fully saturated rings. The van der Waals surface area contributed by atoms with Crippen LogP contribution in [0.25, 0.3) is 0 Å². The lowest BCUT2D eigenvalue weighted by Crippen LogP contribution is -2.46. The SMILES string of the molecule is CCN1CCOC(CNCC(O)c2ccc(F)cc2F)C1. The van der Waals surface area contributed by atoms with Gasteiger partial charge in [0.1, 0.15) is 11.6 Å². The molecule has 6 heteroatoms. The molecule has 2 atom stereocenters. The second-order valence-electron chi connectivity index (χ2n) is 5.23. The number of ether oxygens (including phenoxy) is 1. The van der Waals surface area contributed by atoms with Crippen molar-refractivity contribution in [3.05, 3.63) is 35.4 Å². The maximum atomic E-state index is 13.5. The highest BCUT2D eigenvalue weighted by Crippen LogP contribution is 2.17. The Morgan fingerprint density at radius 1 is 1.48 bits per heavy atom. The van der Waals surface area contributed by atoms with E-state index in [0.29, 0.717) is 13.2 Å². The maximum absolute atomic E-state index is 13.5. The molecule has 1 aliphatic rings. The minimum Gasteiger partial charge on any atom is -0.387 e. The topological polar surface area (TPSA) is 44.7 Å². The number of rotatable bonds is 6. The molecule has 0 saturated carbocycles. The highest BCUT2D eigenvalue weighted by Gasteiger charge is 2.19. The van der Waals surface area contributed by atoms with E-state index >= 15 is 0 Å². The summed E-state index contributed by atoms with van der Waals surface area (Å²) in [6.45, 7) is 6.39. The van der Waals surface area contributed by atoms with Crippen LogP contribution in [0.15, 0.2) is 18.2 Å². The molecule has 21 heavy (non-hydrogen) atoms. The highest BCUT2D eigenvalue weighted by molar-refractivity contribution is 5.21. The summed E-state index contributed by atoms with van der Waals surface area (Å²) in [7, 11) is 0. The Morgan fingerprint density at radius 3 is 3.00 bits per heavy atom. The average Bonchev–Trinajstić information content (AvgIpc) is 2.47. The van der Waals surface area contributed by atoms with Crippen LogP contribution in [0.3, 0.4) is 0 Å². The molecule has 1 saturated heterocycles. The fraction of sp³-hybridized carbons (Fsp3) is 0.600. The molecule has 2 N–H and O–H groups in total. The third-order valence-corrected chi connectivity index (χ3v) is 3.70. The molecule has 0 aliphatic carbocycles. The summed E-state index contributed by atoms with van der Waals surface area (Å²) in [6, 6.07) is 3.19. The molecule has 1 aliphatic heterocycles. The molecule has 118 valence electrons. The Kier molecular flexibility index (Phi) is 6.05. The average molecular weight is 300 g/mol. The Hall–Kier alpha value is -1.08. The first-order valence-corrected chi connectivity index (χ1v) is 7.27. The van der Waals surface area contributed by atoms with Gasteiger partial charge >= 0.3 is 0 Å². The number of nitrogens with one attached hydrogen (secondary N) is 1. The molecule has 2 unspecified atom stereocenters. The summed E-state index contributed by atoms with van der Waals surface area (Å²) in [5.74, 6) is -1.37. The van der Waals surface area contributed by atoms with Crippen molar-refractivity contribution >= 4 is 0 Å². The summed E-state index contributed by atoms with van der Waals surface area (Å²) < 4.78 is 32.0. The second-order valence-corrected chi connectivity index (χ2v) is 5.23. The standard InChI is InChI=1S/C15H22F2N2O2/c1-2-19-5-6-21-12(10-19)8-18-9-15(20)13-4-3-11(16)7-14(13)17/h3-4,7,12,15,18,20H,2,5-6,8-10H2,1H3. The lowest BCUT2D eigenvalue weighted by Gasteiger charge is -2.32. The molecule has 0 aromatic heterocycles.